The van der Waals surface area contributed by atoms with Crippen molar-refractivity contribution in [3.05, 3.63) is 40.1 Å². The summed E-state index contributed by atoms with van der Waals surface area (Å²) in [7, 11) is 0. The predicted octanol–water partition coefficient (Wildman–Crippen LogP) is 3.34. The number of hydrogen-bond donors (Lipinski definition) is 2. The third-order valence-electron chi connectivity index (χ3n) is 6.74. The normalized spacial score (nSPS) is 31.2. The first-order valence-electron chi connectivity index (χ1n) is 9.55. The maximum Gasteiger partial charge on any atom is 0.292 e. The molecular formula is C20H21N3O4. The first-order valence-corrected chi connectivity index (χ1v) is 9.55. The number of carbonyl (C=O) groups excluding carboxylic acids is 2. The molecule has 7 heteroatoms. The van der Waals surface area contributed by atoms with Crippen LogP contribution >= 0.6 is 0 Å². The lowest BCUT2D eigenvalue weighted by Crippen LogP contribution is -2.60. The molecule has 1 amide bonds. The average Bonchev–Trinajstić information content (AvgIpc) is 3.02. The molecule has 2 aromatic rings. The smallest absolute Gasteiger partial charge is 0.292 e. The van der Waals surface area contributed by atoms with Crippen molar-refractivity contribution < 1.29 is 14.5 Å². The van der Waals surface area contributed by atoms with E-state index < -0.39 is 16.6 Å². The Morgan fingerprint density at radius 3 is 2.33 bits per heavy atom. The van der Waals surface area contributed by atoms with Crippen LogP contribution in [0.1, 0.15) is 48.9 Å². The van der Waals surface area contributed by atoms with E-state index in [9.17, 15) is 19.7 Å². The number of nitro benzene ring substituents is 1. The lowest BCUT2D eigenvalue weighted by atomic mass is 9.53. The number of nitrogens with one attached hydrogen (secondary N) is 2. The van der Waals surface area contributed by atoms with Gasteiger partial charge in [0.1, 0.15) is 0 Å². The molecule has 4 aliphatic rings. The predicted molar refractivity (Wildman–Crippen MR) is 98.3 cm³/mol. The van der Waals surface area contributed by atoms with E-state index in [0.29, 0.717) is 28.7 Å². The van der Waals surface area contributed by atoms with Gasteiger partial charge in [0.15, 0.2) is 0 Å². The number of nitrogens with zero attached hydrogens (tertiary/aromatic N) is 1. The highest BCUT2D eigenvalue weighted by molar-refractivity contribution is 6.45. The minimum atomic E-state index is -0.627. The van der Waals surface area contributed by atoms with Crippen molar-refractivity contribution in [3.63, 3.8) is 0 Å². The molecule has 0 aliphatic heterocycles. The lowest BCUT2D eigenvalue weighted by molar-refractivity contribution is -0.384. The number of hydrogen-bond acceptors (Lipinski definition) is 4. The molecular weight excluding hydrogens is 346 g/mol. The number of amides is 1. The van der Waals surface area contributed by atoms with Gasteiger partial charge in [0.2, 0.25) is 0 Å². The van der Waals surface area contributed by atoms with E-state index in [-0.39, 0.29) is 16.8 Å². The monoisotopic (exact) mass is 367 g/mol. The Morgan fingerprint density at radius 2 is 1.74 bits per heavy atom. The summed E-state index contributed by atoms with van der Waals surface area (Å²) in [5.41, 5.74) is 0.458. The van der Waals surface area contributed by atoms with Gasteiger partial charge in [0.25, 0.3) is 17.4 Å². The Bertz CT molecular complexity index is 941. The maximum atomic E-state index is 12.8. The fourth-order valence-corrected chi connectivity index (χ4v) is 6.09. The van der Waals surface area contributed by atoms with Crippen LogP contribution in [0.2, 0.25) is 0 Å². The van der Waals surface area contributed by atoms with Crippen molar-refractivity contribution in [1.29, 1.82) is 0 Å². The molecule has 4 saturated carbocycles. The lowest BCUT2D eigenvalue weighted by Gasteiger charge is -2.56. The summed E-state index contributed by atoms with van der Waals surface area (Å²) in [5.74, 6) is 0.786. The average molecular weight is 367 g/mol. The van der Waals surface area contributed by atoms with Crippen molar-refractivity contribution in [2.45, 2.75) is 44.1 Å². The van der Waals surface area contributed by atoms with Gasteiger partial charge in [-0.1, -0.05) is 0 Å². The van der Waals surface area contributed by atoms with Crippen LogP contribution in [0.25, 0.3) is 10.9 Å². The Kier molecular flexibility index (Phi) is 3.44. The van der Waals surface area contributed by atoms with Gasteiger partial charge in [-0.25, -0.2) is 0 Å². The van der Waals surface area contributed by atoms with Crippen molar-refractivity contribution in [3.8, 4) is 0 Å². The number of fused-ring (bicyclic) bond motifs is 1. The van der Waals surface area contributed by atoms with Gasteiger partial charge in [-0.15, -0.1) is 0 Å². The summed E-state index contributed by atoms with van der Waals surface area (Å²) in [5, 5.41) is 14.5. The van der Waals surface area contributed by atoms with Crippen LogP contribution in [0, 0.1) is 27.9 Å². The fourth-order valence-electron chi connectivity index (χ4n) is 6.09. The number of rotatable bonds is 4. The molecule has 0 spiro atoms. The van der Waals surface area contributed by atoms with Crippen LogP contribution in [0.5, 0.6) is 0 Å². The SMILES string of the molecule is O=C(NC12CC3CC(CC(C3)C1)C2)C(=O)c1c[nH]c2ccc([N+](=O)[O-])cc12. The van der Waals surface area contributed by atoms with Gasteiger partial charge >= 0.3 is 0 Å². The van der Waals surface area contributed by atoms with E-state index in [0.717, 1.165) is 19.3 Å². The molecule has 27 heavy (non-hydrogen) atoms. The first-order chi connectivity index (χ1) is 12.9. The molecule has 1 aromatic carbocycles. The summed E-state index contributed by atoms with van der Waals surface area (Å²) in [4.78, 5) is 39.1. The van der Waals surface area contributed by atoms with E-state index in [1.807, 2.05) is 0 Å². The topological polar surface area (TPSA) is 105 Å². The van der Waals surface area contributed by atoms with E-state index in [4.69, 9.17) is 0 Å². The summed E-state index contributed by atoms with van der Waals surface area (Å²) in [6.45, 7) is 0. The molecule has 4 bridgehead atoms. The second-order valence-corrected chi connectivity index (χ2v) is 8.67. The highest BCUT2D eigenvalue weighted by Crippen LogP contribution is 2.55. The van der Waals surface area contributed by atoms with Crippen LogP contribution in [0.15, 0.2) is 24.4 Å². The number of H-pyrrole nitrogens is 1. The van der Waals surface area contributed by atoms with Crippen LogP contribution in [-0.4, -0.2) is 27.1 Å². The van der Waals surface area contributed by atoms with E-state index in [1.54, 1.807) is 6.07 Å². The minimum absolute atomic E-state index is 0.0994. The minimum Gasteiger partial charge on any atom is -0.360 e. The number of Topliss-reactive ketones (excluding diaryl/α,β-unsaturated/α-hetero) is 1. The molecule has 4 aliphatic carbocycles. The zero-order valence-electron chi connectivity index (χ0n) is 14.9. The third-order valence-corrected chi connectivity index (χ3v) is 6.74. The van der Waals surface area contributed by atoms with Crippen LogP contribution in [0.3, 0.4) is 0 Å². The van der Waals surface area contributed by atoms with Gasteiger partial charge in [-0.05, 0) is 62.3 Å². The molecule has 1 heterocycles. The summed E-state index contributed by atoms with van der Waals surface area (Å²) in [6.07, 6.45) is 8.15. The zero-order chi connectivity index (χ0) is 18.8. The molecule has 0 atom stereocenters. The number of benzene rings is 1. The van der Waals surface area contributed by atoms with Crippen molar-refractivity contribution in [2.24, 2.45) is 17.8 Å². The molecule has 2 N–H and O–H groups in total. The maximum absolute atomic E-state index is 12.8. The second kappa shape index (κ2) is 5.65. The van der Waals surface area contributed by atoms with Crippen molar-refractivity contribution in [2.75, 3.05) is 0 Å². The summed E-state index contributed by atoms with van der Waals surface area (Å²) < 4.78 is 0. The molecule has 0 saturated heterocycles. The number of ketones is 1. The van der Waals surface area contributed by atoms with Crippen molar-refractivity contribution in [1.82, 2.24) is 10.3 Å². The van der Waals surface area contributed by atoms with Crippen LogP contribution in [0.4, 0.5) is 5.69 Å². The second-order valence-electron chi connectivity index (χ2n) is 8.67. The molecule has 4 fully saturated rings. The van der Waals surface area contributed by atoms with Crippen LogP contribution < -0.4 is 5.32 Å². The van der Waals surface area contributed by atoms with Gasteiger partial charge in [0, 0.05) is 34.8 Å². The molecule has 6 rings (SSSR count). The highest BCUT2D eigenvalue weighted by Gasteiger charge is 2.52. The summed E-state index contributed by atoms with van der Waals surface area (Å²) >= 11 is 0. The number of nitro groups is 1. The van der Waals surface area contributed by atoms with E-state index in [2.05, 4.69) is 10.3 Å². The molecule has 0 unspecified atom stereocenters. The van der Waals surface area contributed by atoms with Gasteiger partial charge < -0.3 is 10.3 Å². The molecule has 140 valence electrons. The van der Waals surface area contributed by atoms with Gasteiger partial charge in [0.05, 0.1) is 10.5 Å². The van der Waals surface area contributed by atoms with E-state index >= 15 is 0 Å². The number of aromatic nitrogens is 1. The number of carbonyl (C=O) groups is 2. The largest absolute Gasteiger partial charge is 0.360 e. The summed E-state index contributed by atoms with van der Waals surface area (Å²) in [6, 6.07) is 4.28. The standard InChI is InChI=1S/C20H21N3O4/c24-18(16-10-21-17-2-1-14(23(26)27)6-15(16)17)19(25)22-20-7-11-3-12(8-20)5-13(4-11)9-20/h1-2,6,10-13,21H,3-5,7-9H2,(H,22,25). The highest BCUT2D eigenvalue weighted by atomic mass is 16.6. The molecule has 1 aromatic heterocycles. The molecule has 7 nitrogen and oxygen atoms in total. The number of non-ortho nitro benzene ring substituents is 1. The van der Waals surface area contributed by atoms with Gasteiger partial charge in [-0.3, -0.25) is 19.7 Å². The Morgan fingerprint density at radius 1 is 1.11 bits per heavy atom. The number of aromatic amines is 1. The quantitative estimate of drug-likeness (QED) is 0.374. The van der Waals surface area contributed by atoms with E-state index in [1.165, 1.54) is 37.6 Å². The fraction of sp³-hybridized carbons (Fsp3) is 0.500. The van der Waals surface area contributed by atoms with Gasteiger partial charge in [-0.2, -0.15) is 0 Å². The third kappa shape index (κ3) is 2.64. The van der Waals surface area contributed by atoms with Crippen LogP contribution in [-0.2, 0) is 4.79 Å². The Hall–Kier alpha value is -2.70. The molecule has 0 radical (unpaired) electrons. The first kappa shape index (κ1) is 16.5. The Labute approximate surface area is 155 Å². The van der Waals surface area contributed by atoms with Crippen molar-refractivity contribution >= 4 is 28.3 Å². The Balaban J connectivity index is 1.41. The zero-order valence-corrected chi connectivity index (χ0v) is 14.9.